The van der Waals surface area contributed by atoms with Crippen LogP contribution in [0.5, 0.6) is 0 Å². The van der Waals surface area contributed by atoms with Crippen molar-refractivity contribution in [3.8, 4) is 0 Å². The second kappa shape index (κ2) is 6.16. The van der Waals surface area contributed by atoms with Crippen molar-refractivity contribution in [1.29, 1.82) is 0 Å². The van der Waals surface area contributed by atoms with Crippen LogP contribution in [-0.2, 0) is 19.4 Å². The maximum Gasteiger partial charge on any atom is 0.337 e. The summed E-state index contributed by atoms with van der Waals surface area (Å²) in [5.41, 5.74) is 5.21. The van der Waals surface area contributed by atoms with Gasteiger partial charge in [0.25, 0.3) is 0 Å². The minimum Gasteiger partial charge on any atom is -0.478 e. The van der Waals surface area contributed by atoms with Gasteiger partial charge in [-0.15, -0.1) is 0 Å². The second-order valence-corrected chi connectivity index (χ2v) is 6.56. The maximum atomic E-state index is 11.8. The molecule has 0 saturated carbocycles. The Morgan fingerprint density at radius 1 is 0.958 bits per heavy atom. The molecule has 1 N–H and O–H groups in total. The Kier molecular flexibility index (Phi) is 3.85. The Morgan fingerprint density at radius 2 is 1.75 bits per heavy atom. The summed E-state index contributed by atoms with van der Waals surface area (Å²) in [4.78, 5) is 11.8. The van der Waals surface area contributed by atoms with Gasteiger partial charge < -0.3 is 9.67 Å². The Labute approximate surface area is 141 Å². The number of nitrogens with zero attached hydrogens (tertiary/aromatic N) is 1. The summed E-state index contributed by atoms with van der Waals surface area (Å²) in [5, 5.41) is 10.8. The van der Waals surface area contributed by atoms with Crippen LogP contribution in [-0.4, -0.2) is 15.6 Å². The highest BCUT2D eigenvalue weighted by Crippen LogP contribution is 2.34. The van der Waals surface area contributed by atoms with Gasteiger partial charge in [0.1, 0.15) is 0 Å². The Morgan fingerprint density at radius 3 is 2.54 bits per heavy atom. The SMILES string of the molecule is O=C(O)c1cccc2c3c(n(Cc4ccccc4)c12)CCCCC3. The molecular formula is C21H21NO2. The van der Waals surface area contributed by atoms with E-state index in [0.717, 1.165) is 30.3 Å². The van der Waals surface area contributed by atoms with Gasteiger partial charge in [-0.1, -0.05) is 48.9 Å². The van der Waals surface area contributed by atoms with E-state index < -0.39 is 5.97 Å². The predicted octanol–water partition coefficient (Wildman–Crippen LogP) is 4.66. The van der Waals surface area contributed by atoms with Crippen molar-refractivity contribution < 1.29 is 9.90 Å². The number of fused-ring (bicyclic) bond motifs is 3. The number of carboxylic acid groups (broad SMARTS) is 1. The quantitative estimate of drug-likeness (QED) is 0.714. The molecule has 0 atom stereocenters. The van der Waals surface area contributed by atoms with Crippen LogP contribution in [0.1, 0.15) is 46.4 Å². The van der Waals surface area contributed by atoms with Gasteiger partial charge in [0, 0.05) is 17.6 Å². The van der Waals surface area contributed by atoms with Gasteiger partial charge in [-0.2, -0.15) is 0 Å². The van der Waals surface area contributed by atoms with E-state index in [9.17, 15) is 9.90 Å². The third-order valence-corrected chi connectivity index (χ3v) is 5.06. The average Bonchev–Trinajstić information content (AvgIpc) is 2.76. The molecule has 1 aromatic heterocycles. The van der Waals surface area contributed by atoms with Crippen molar-refractivity contribution in [2.75, 3.05) is 0 Å². The van der Waals surface area contributed by atoms with Crippen LogP contribution >= 0.6 is 0 Å². The molecule has 3 heteroatoms. The third kappa shape index (κ3) is 2.50. The number of hydrogen-bond donors (Lipinski definition) is 1. The van der Waals surface area contributed by atoms with Crippen molar-refractivity contribution in [2.24, 2.45) is 0 Å². The van der Waals surface area contributed by atoms with Crippen LogP contribution in [0.3, 0.4) is 0 Å². The number of aryl methyl sites for hydroxylation is 1. The first-order valence-corrected chi connectivity index (χ1v) is 8.66. The van der Waals surface area contributed by atoms with Crippen LogP contribution < -0.4 is 0 Å². The number of carboxylic acids is 1. The molecule has 0 spiro atoms. The molecule has 3 nitrogen and oxygen atoms in total. The number of rotatable bonds is 3. The van der Waals surface area contributed by atoms with Gasteiger partial charge in [-0.3, -0.25) is 0 Å². The van der Waals surface area contributed by atoms with Gasteiger partial charge >= 0.3 is 5.97 Å². The van der Waals surface area contributed by atoms with Gasteiger partial charge in [-0.25, -0.2) is 4.79 Å². The predicted molar refractivity (Wildman–Crippen MR) is 95.7 cm³/mol. The van der Waals surface area contributed by atoms with Gasteiger partial charge in [0.05, 0.1) is 11.1 Å². The molecule has 0 unspecified atom stereocenters. The lowest BCUT2D eigenvalue weighted by molar-refractivity contribution is 0.0698. The van der Waals surface area contributed by atoms with E-state index in [2.05, 4.69) is 22.8 Å². The highest BCUT2D eigenvalue weighted by molar-refractivity contribution is 6.04. The summed E-state index contributed by atoms with van der Waals surface area (Å²) in [6.07, 6.45) is 5.71. The summed E-state index contributed by atoms with van der Waals surface area (Å²) in [7, 11) is 0. The van der Waals surface area contributed by atoms with Crippen LogP contribution in [0.25, 0.3) is 10.9 Å². The smallest absolute Gasteiger partial charge is 0.337 e. The molecule has 1 heterocycles. The maximum absolute atomic E-state index is 11.8. The van der Waals surface area contributed by atoms with Gasteiger partial charge in [0.2, 0.25) is 0 Å². The summed E-state index contributed by atoms with van der Waals surface area (Å²) in [6, 6.07) is 16.0. The Balaban J connectivity index is 1.98. The normalized spacial score (nSPS) is 14.3. The molecule has 1 aliphatic carbocycles. The lowest BCUT2D eigenvalue weighted by Crippen LogP contribution is -2.08. The van der Waals surface area contributed by atoms with Crippen molar-refractivity contribution in [3.05, 3.63) is 70.9 Å². The molecule has 4 rings (SSSR count). The second-order valence-electron chi connectivity index (χ2n) is 6.56. The average molecular weight is 319 g/mol. The molecule has 0 radical (unpaired) electrons. The molecule has 1 aliphatic rings. The first-order chi connectivity index (χ1) is 11.8. The van der Waals surface area contributed by atoms with E-state index in [1.54, 1.807) is 6.07 Å². The molecule has 0 aliphatic heterocycles. The summed E-state index contributed by atoms with van der Waals surface area (Å²) < 4.78 is 2.26. The van der Waals surface area contributed by atoms with Gasteiger partial charge in [-0.05, 0) is 42.9 Å². The fourth-order valence-electron chi connectivity index (χ4n) is 3.98. The fourth-order valence-corrected chi connectivity index (χ4v) is 3.98. The van der Waals surface area contributed by atoms with E-state index in [1.807, 2.05) is 24.3 Å². The molecular weight excluding hydrogens is 298 g/mol. The lowest BCUT2D eigenvalue weighted by atomic mass is 10.0. The van der Waals surface area contributed by atoms with Gasteiger partial charge in [0.15, 0.2) is 0 Å². The first kappa shape index (κ1) is 15.0. The summed E-state index contributed by atoms with van der Waals surface area (Å²) in [6.45, 7) is 0.733. The molecule has 0 amide bonds. The molecule has 2 aromatic carbocycles. The topological polar surface area (TPSA) is 42.2 Å². The zero-order chi connectivity index (χ0) is 16.5. The molecule has 0 bridgehead atoms. The molecule has 0 saturated heterocycles. The summed E-state index contributed by atoms with van der Waals surface area (Å²) >= 11 is 0. The minimum atomic E-state index is -0.845. The zero-order valence-electron chi connectivity index (χ0n) is 13.7. The van der Waals surface area contributed by atoms with Crippen molar-refractivity contribution in [1.82, 2.24) is 4.57 Å². The number of para-hydroxylation sites is 1. The third-order valence-electron chi connectivity index (χ3n) is 5.06. The molecule has 3 aromatic rings. The molecule has 24 heavy (non-hydrogen) atoms. The number of benzene rings is 2. The van der Waals surface area contributed by atoms with E-state index in [4.69, 9.17) is 0 Å². The van der Waals surface area contributed by atoms with Crippen molar-refractivity contribution in [3.63, 3.8) is 0 Å². The molecule has 0 fully saturated rings. The Bertz CT molecular complexity index is 893. The largest absolute Gasteiger partial charge is 0.478 e. The standard InChI is InChI=1S/C21H21NO2/c23-21(24)18-12-7-11-17-16-10-5-2-6-13-19(16)22(20(17)18)14-15-8-3-1-4-9-15/h1,3-4,7-9,11-12H,2,5-6,10,13-14H2,(H,23,24). The van der Waals surface area contributed by atoms with Crippen LogP contribution in [0.2, 0.25) is 0 Å². The van der Waals surface area contributed by atoms with Crippen LogP contribution in [0.4, 0.5) is 0 Å². The highest BCUT2D eigenvalue weighted by Gasteiger charge is 2.22. The van der Waals surface area contributed by atoms with Crippen LogP contribution in [0.15, 0.2) is 48.5 Å². The first-order valence-electron chi connectivity index (χ1n) is 8.66. The number of carbonyl (C=O) groups is 1. The van der Waals surface area contributed by atoms with Crippen molar-refractivity contribution >= 4 is 16.9 Å². The Hall–Kier alpha value is -2.55. The zero-order valence-corrected chi connectivity index (χ0v) is 13.7. The van der Waals surface area contributed by atoms with E-state index in [1.165, 1.54) is 36.1 Å². The fraction of sp³-hybridized carbons (Fsp3) is 0.286. The minimum absolute atomic E-state index is 0.413. The van der Waals surface area contributed by atoms with Crippen molar-refractivity contribution in [2.45, 2.75) is 38.6 Å². The summed E-state index contributed by atoms with van der Waals surface area (Å²) in [5.74, 6) is -0.845. The monoisotopic (exact) mass is 319 g/mol. The number of aromatic carboxylic acids is 1. The van der Waals surface area contributed by atoms with E-state index >= 15 is 0 Å². The number of aromatic nitrogens is 1. The van der Waals surface area contributed by atoms with E-state index in [0.29, 0.717) is 5.56 Å². The van der Waals surface area contributed by atoms with Crippen LogP contribution in [0, 0.1) is 0 Å². The lowest BCUT2D eigenvalue weighted by Gasteiger charge is -2.12. The number of hydrogen-bond acceptors (Lipinski definition) is 1. The molecule has 122 valence electrons. The van der Waals surface area contributed by atoms with E-state index in [-0.39, 0.29) is 0 Å². The highest BCUT2D eigenvalue weighted by atomic mass is 16.4.